The number of aliphatic carboxylic acids is 1. The number of hydrogen-bond donors (Lipinski definition) is 2. The van der Waals surface area contributed by atoms with Gasteiger partial charge in [0.25, 0.3) is 5.91 Å². The van der Waals surface area contributed by atoms with E-state index in [4.69, 9.17) is 14.6 Å². The van der Waals surface area contributed by atoms with Crippen LogP contribution in [0.1, 0.15) is 33.1 Å². The van der Waals surface area contributed by atoms with Crippen molar-refractivity contribution >= 4 is 17.6 Å². The predicted octanol–water partition coefficient (Wildman–Crippen LogP) is 2.68. The molecule has 1 aromatic rings. The van der Waals surface area contributed by atoms with Crippen molar-refractivity contribution in [2.45, 2.75) is 45.3 Å². The number of hydrogen-bond acceptors (Lipinski definition) is 4. The van der Waals surface area contributed by atoms with Crippen LogP contribution in [0, 0.1) is 5.92 Å². The van der Waals surface area contributed by atoms with Gasteiger partial charge in [-0.05, 0) is 49.4 Å². The van der Waals surface area contributed by atoms with Gasteiger partial charge in [0.05, 0.1) is 6.61 Å². The molecule has 2 N–H and O–H groups in total. The summed E-state index contributed by atoms with van der Waals surface area (Å²) in [6.07, 6.45) is 0.165. The summed E-state index contributed by atoms with van der Waals surface area (Å²) in [6.45, 7) is 4.94. The van der Waals surface area contributed by atoms with Gasteiger partial charge in [-0.1, -0.05) is 13.8 Å². The minimum Gasteiger partial charge on any atom is -0.494 e. The van der Waals surface area contributed by atoms with Crippen LogP contribution >= 0.6 is 0 Å². The second-order valence-electron chi connectivity index (χ2n) is 6.07. The van der Waals surface area contributed by atoms with Crippen LogP contribution in [0.4, 0.5) is 5.69 Å². The van der Waals surface area contributed by atoms with E-state index in [1.807, 2.05) is 0 Å². The molecule has 1 heterocycles. The van der Waals surface area contributed by atoms with E-state index in [1.165, 1.54) is 0 Å². The third kappa shape index (κ3) is 5.25. The van der Waals surface area contributed by atoms with Crippen molar-refractivity contribution in [2.75, 3.05) is 11.9 Å². The molecule has 2 rings (SSSR count). The number of carboxylic acids is 1. The van der Waals surface area contributed by atoms with Gasteiger partial charge in [-0.15, -0.1) is 0 Å². The molecule has 0 aliphatic carbocycles. The van der Waals surface area contributed by atoms with Gasteiger partial charge < -0.3 is 19.9 Å². The molecule has 0 aromatic heterocycles. The Balaban J connectivity index is 1.81. The minimum atomic E-state index is -1.02. The Morgan fingerprint density at radius 2 is 1.91 bits per heavy atom. The maximum Gasteiger partial charge on any atom is 0.332 e. The van der Waals surface area contributed by atoms with Crippen molar-refractivity contribution in [3.63, 3.8) is 0 Å². The fourth-order valence-corrected chi connectivity index (χ4v) is 2.28. The highest BCUT2D eigenvalue weighted by atomic mass is 16.5. The zero-order valence-corrected chi connectivity index (χ0v) is 13.5. The second kappa shape index (κ2) is 7.97. The molecule has 126 valence electrons. The van der Waals surface area contributed by atoms with Crippen LogP contribution in [0.5, 0.6) is 5.75 Å². The third-order valence-corrected chi connectivity index (χ3v) is 3.67. The van der Waals surface area contributed by atoms with Gasteiger partial charge in [0.1, 0.15) is 11.9 Å². The van der Waals surface area contributed by atoms with Gasteiger partial charge in [0.15, 0.2) is 6.10 Å². The Kier molecular flexibility index (Phi) is 5.98. The van der Waals surface area contributed by atoms with Crippen LogP contribution in [-0.2, 0) is 14.3 Å². The van der Waals surface area contributed by atoms with Crippen molar-refractivity contribution < 1.29 is 24.2 Å². The number of benzene rings is 1. The molecule has 6 nitrogen and oxygen atoms in total. The number of carboxylic acid groups (broad SMARTS) is 1. The standard InChI is InChI=1S/C17H23NO5/c1-11(2)9-10-22-13-5-3-12(4-6-13)18-16(19)14-7-8-15(23-14)17(20)21/h3-6,11,14-15H,7-10H2,1-2H3,(H,18,19)(H,20,21)/t14-,15+/m0/s1. The lowest BCUT2D eigenvalue weighted by atomic mass is 10.1. The lowest BCUT2D eigenvalue weighted by Gasteiger charge is -2.12. The van der Waals surface area contributed by atoms with Gasteiger partial charge in [0, 0.05) is 5.69 Å². The lowest BCUT2D eigenvalue weighted by molar-refractivity contribution is -0.150. The average Bonchev–Trinajstić information content (AvgIpc) is 2.99. The van der Waals surface area contributed by atoms with Crippen molar-refractivity contribution in [3.05, 3.63) is 24.3 Å². The summed E-state index contributed by atoms with van der Waals surface area (Å²) >= 11 is 0. The number of nitrogens with one attached hydrogen (secondary N) is 1. The summed E-state index contributed by atoms with van der Waals surface area (Å²) in [5, 5.41) is 11.6. The monoisotopic (exact) mass is 321 g/mol. The summed E-state index contributed by atoms with van der Waals surface area (Å²) < 4.78 is 10.8. The van der Waals surface area contributed by atoms with E-state index < -0.39 is 18.2 Å². The average molecular weight is 321 g/mol. The highest BCUT2D eigenvalue weighted by Crippen LogP contribution is 2.22. The van der Waals surface area contributed by atoms with E-state index >= 15 is 0 Å². The fraction of sp³-hybridized carbons (Fsp3) is 0.529. The van der Waals surface area contributed by atoms with Crippen LogP contribution in [-0.4, -0.2) is 35.8 Å². The number of anilines is 1. The number of rotatable bonds is 7. The Hall–Kier alpha value is -2.08. The molecule has 0 radical (unpaired) electrons. The summed E-state index contributed by atoms with van der Waals surface area (Å²) in [7, 11) is 0. The van der Waals surface area contributed by atoms with Crippen LogP contribution in [0.2, 0.25) is 0 Å². The van der Waals surface area contributed by atoms with Gasteiger partial charge in [-0.2, -0.15) is 0 Å². The Morgan fingerprint density at radius 1 is 1.26 bits per heavy atom. The summed E-state index contributed by atoms with van der Waals surface area (Å²) in [5.74, 6) is 0.00623. The first-order valence-electron chi connectivity index (χ1n) is 7.87. The molecule has 1 aliphatic rings. The van der Waals surface area contributed by atoms with Gasteiger partial charge in [-0.3, -0.25) is 4.79 Å². The fourth-order valence-electron chi connectivity index (χ4n) is 2.28. The molecule has 1 aliphatic heterocycles. The molecular formula is C17H23NO5. The summed E-state index contributed by atoms with van der Waals surface area (Å²) in [6, 6.07) is 7.11. The number of carbonyl (C=O) groups excluding carboxylic acids is 1. The SMILES string of the molecule is CC(C)CCOc1ccc(NC(=O)[C@@H]2CC[C@H](C(=O)O)O2)cc1. The molecule has 2 atom stereocenters. The lowest BCUT2D eigenvalue weighted by Crippen LogP contribution is -2.29. The number of amides is 1. The van der Waals surface area contributed by atoms with Gasteiger partial charge in [0.2, 0.25) is 0 Å². The van der Waals surface area contributed by atoms with E-state index in [2.05, 4.69) is 19.2 Å². The Morgan fingerprint density at radius 3 is 2.48 bits per heavy atom. The predicted molar refractivity (Wildman–Crippen MR) is 85.6 cm³/mol. The molecule has 0 saturated carbocycles. The normalized spacial score (nSPS) is 20.5. The first-order chi connectivity index (χ1) is 11.0. The quantitative estimate of drug-likeness (QED) is 0.806. The summed E-state index contributed by atoms with van der Waals surface area (Å²) in [5.41, 5.74) is 0.633. The highest BCUT2D eigenvalue weighted by Gasteiger charge is 2.34. The van der Waals surface area contributed by atoms with E-state index in [9.17, 15) is 9.59 Å². The van der Waals surface area contributed by atoms with E-state index in [0.717, 1.165) is 12.2 Å². The van der Waals surface area contributed by atoms with Crippen molar-refractivity contribution in [2.24, 2.45) is 5.92 Å². The van der Waals surface area contributed by atoms with Gasteiger partial charge >= 0.3 is 5.97 Å². The summed E-state index contributed by atoms with van der Waals surface area (Å²) in [4.78, 5) is 22.9. The van der Waals surface area contributed by atoms with E-state index in [0.29, 0.717) is 31.1 Å². The molecule has 23 heavy (non-hydrogen) atoms. The number of ether oxygens (including phenoxy) is 2. The first-order valence-corrected chi connectivity index (χ1v) is 7.87. The molecule has 0 bridgehead atoms. The van der Waals surface area contributed by atoms with Crippen LogP contribution in [0.15, 0.2) is 24.3 Å². The first kappa shape index (κ1) is 17.3. The smallest absolute Gasteiger partial charge is 0.332 e. The Labute approximate surface area is 135 Å². The topological polar surface area (TPSA) is 84.9 Å². The zero-order valence-electron chi connectivity index (χ0n) is 13.5. The zero-order chi connectivity index (χ0) is 16.8. The molecular weight excluding hydrogens is 298 g/mol. The molecule has 1 amide bonds. The molecule has 1 fully saturated rings. The molecule has 0 spiro atoms. The maximum absolute atomic E-state index is 12.1. The minimum absolute atomic E-state index is 0.317. The highest BCUT2D eigenvalue weighted by molar-refractivity contribution is 5.94. The molecule has 1 aromatic carbocycles. The second-order valence-corrected chi connectivity index (χ2v) is 6.07. The molecule has 0 unspecified atom stereocenters. The Bertz CT molecular complexity index is 540. The van der Waals surface area contributed by atoms with Crippen LogP contribution < -0.4 is 10.1 Å². The largest absolute Gasteiger partial charge is 0.494 e. The van der Waals surface area contributed by atoms with E-state index in [1.54, 1.807) is 24.3 Å². The number of carbonyl (C=O) groups is 2. The molecule has 6 heteroatoms. The van der Waals surface area contributed by atoms with E-state index in [-0.39, 0.29) is 5.91 Å². The van der Waals surface area contributed by atoms with Crippen molar-refractivity contribution in [3.8, 4) is 5.75 Å². The van der Waals surface area contributed by atoms with Gasteiger partial charge in [-0.25, -0.2) is 4.79 Å². The third-order valence-electron chi connectivity index (χ3n) is 3.67. The van der Waals surface area contributed by atoms with Crippen LogP contribution in [0.3, 0.4) is 0 Å². The van der Waals surface area contributed by atoms with Crippen LogP contribution in [0.25, 0.3) is 0 Å². The maximum atomic E-state index is 12.1. The van der Waals surface area contributed by atoms with Crippen molar-refractivity contribution in [1.29, 1.82) is 0 Å². The van der Waals surface area contributed by atoms with Crippen molar-refractivity contribution in [1.82, 2.24) is 0 Å². The molecule has 1 saturated heterocycles.